The van der Waals surface area contributed by atoms with Crippen LogP contribution in [0.3, 0.4) is 0 Å². The maximum atomic E-state index is 6.22. The van der Waals surface area contributed by atoms with E-state index in [0.717, 1.165) is 35.5 Å². The van der Waals surface area contributed by atoms with Crippen molar-refractivity contribution >= 4 is 54.3 Å². The first-order chi connectivity index (χ1) is 20.7. The minimum Gasteiger partial charge on any atom is -0.461 e. The maximum Gasteiger partial charge on any atom is 0.134 e. The van der Waals surface area contributed by atoms with Gasteiger partial charge >= 0.3 is 0 Å². The predicted octanol–water partition coefficient (Wildman–Crippen LogP) is 13.5. The number of hydrogen-bond acceptors (Lipinski definition) is 2. The van der Waals surface area contributed by atoms with Crippen LogP contribution in [0.2, 0.25) is 0 Å². The van der Waals surface area contributed by atoms with Crippen LogP contribution in [-0.4, -0.2) is 0 Å². The summed E-state index contributed by atoms with van der Waals surface area (Å²) < 4.78 is 12.4. The van der Waals surface area contributed by atoms with E-state index >= 15 is 0 Å². The molecule has 0 N–H and O–H groups in total. The van der Waals surface area contributed by atoms with Gasteiger partial charge in [-0.2, -0.15) is 0 Å². The molecule has 0 aliphatic carbocycles. The van der Waals surface area contributed by atoms with Gasteiger partial charge in [-0.25, -0.2) is 0 Å². The molecular formula is C40H50O2. The number of hydrogen-bond donors (Lipinski definition) is 0. The van der Waals surface area contributed by atoms with E-state index in [1.54, 1.807) is 0 Å². The third-order valence-electron chi connectivity index (χ3n) is 8.80. The summed E-state index contributed by atoms with van der Waals surface area (Å²) >= 11 is 0. The van der Waals surface area contributed by atoms with Crippen LogP contribution in [0.5, 0.6) is 0 Å². The minimum atomic E-state index is 1.000. The van der Waals surface area contributed by atoms with Crippen LogP contribution < -0.4 is 0 Å². The highest BCUT2D eigenvalue weighted by atomic mass is 16.3. The van der Waals surface area contributed by atoms with E-state index in [2.05, 4.69) is 88.4 Å². The van der Waals surface area contributed by atoms with Crippen molar-refractivity contribution in [1.82, 2.24) is 0 Å². The van der Waals surface area contributed by atoms with Gasteiger partial charge in [0.25, 0.3) is 0 Å². The Labute approximate surface area is 252 Å². The van der Waals surface area contributed by atoms with Gasteiger partial charge in [0.05, 0.1) is 0 Å². The number of benzene rings is 4. The molecule has 0 saturated heterocycles. The summed E-state index contributed by atoms with van der Waals surface area (Å²) in [4.78, 5) is 0. The summed E-state index contributed by atoms with van der Waals surface area (Å²) in [6.07, 6.45) is 17.7. The van der Waals surface area contributed by atoms with Crippen molar-refractivity contribution in [2.75, 3.05) is 0 Å². The lowest BCUT2D eigenvalue weighted by Gasteiger charge is -2.08. The molecule has 2 aromatic heterocycles. The predicted molar refractivity (Wildman–Crippen MR) is 184 cm³/mol. The number of rotatable bonds is 13. The van der Waals surface area contributed by atoms with Crippen molar-refractivity contribution in [3.05, 3.63) is 72.2 Å². The van der Waals surface area contributed by atoms with Crippen molar-refractivity contribution < 1.29 is 8.83 Å². The Morgan fingerprint density at radius 1 is 0.357 bits per heavy atom. The third-order valence-corrected chi connectivity index (χ3v) is 8.80. The molecule has 0 radical (unpaired) electrons. The summed E-state index contributed by atoms with van der Waals surface area (Å²) in [5, 5.41) is 10.2. The summed E-state index contributed by atoms with van der Waals surface area (Å²) in [6.45, 7) is 8.97. The van der Waals surface area contributed by atoms with Crippen molar-refractivity contribution in [3.63, 3.8) is 0 Å². The number of aryl methyl sites for hydroxylation is 2. The van der Waals surface area contributed by atoms with Gasteiger partial charge in [0.15, 0.2) is 0 Å². The average molecular weight is 563 g/mol. The molecule has 0 aliphatic rings. The first-order valence-corrected chi connectivity index (χ1v) is 16.9. The molecule has 2 heterocycles. The van der Waals surface area contributed by atoms with Gasteiger partial charge in [-0.1, -0.05) is 128 Å². The number of unbranched alkanes of at least 4 members (excludes halogenated alkanes) is 9. The topological polar surface area (TPSA) is 26.3 Å². The molecule has 0 atom stereocenters. The normalized spacial score (nSPS) is 11.7. The average Bonchev–Trinajstić information content (AvgIpc) is 3.64. The first-order valence-electron chi connectivity index (χ1n) is 16.9. The van der Waals surface area contributed by atoms with Crippen LogP contribution >= 0.6 is 0 Å². The summed E-state index contributed by atoms with van der Waals surface area (Å²) in [5.41, 5.74) is 2.00. The smallest absolute Gasteiger partial charge is 0.134 e. The van der Waals surface area contributed by atoms with Gasteiger partial charge in [0, 0.05) is 23.6 Å². The lowest BCUT2D eigenvalue weighted by Crippen LogP contribution is -1.82. The van der Waals surface area contributed by atoms with E-state index in [9.17, 15) is 0 Å². The van der Waals surface area contributed by atoms with Crippen molar-refractivity contribution in [3.8, 4) is 0 Å². The van der Waals surface area contributed by atoms with E-state index < -0.39 is 0 Å². The molecule has 2 nitrogen and oxygen atoms in total. The van der Waals surface area contributed by atoms with Crippen LogP contribution in [-0.2, 0) is 12.8 Å². The monoisotopic (exact) mass is 562 g/mol. The molecule has 0 bridgehead atoms. The van der Waals surface area contributed by atoms with Gasteiger partial charge in [-0.15, -0.1) is 0 Å². The fraction of sp³-hybridized carbons (Fsp3) is 0.450. The highest BCUT2D eigenvalue weighted by molar-refractivity contribution is 6.24. The zero-order valence-electron chi connectivity index (χ0n) is 26.5. The quantitative estimate of drug-likeness (QED) is 0.103. The van der Waals surface area contributed by atoms with E-state index in [0.29, 0.717) is 0 Å². The molecule has 0 fully saturated rings. The van der Waals surface area contributed by atoms with Gasteiger partial charge in [0.1, 0.15) is 22.7 Å². The Bertz CT molecular complexity index is 1600. The fourth-order valence-corrected chi connectivity index (χ4v) is 6.38. The lowest BCUT2D eigenvalue weighted by molar-refractivity contribution is 0.527. The molecule has 4 aromatic carbocycles. The second-order valence-electron chi connectivity index (χ2n) is 12.1. The number of fused-ring (bicyclic) bond motifs is 9. The van der Waals surface area contributed by atoms with E-state index in [-0.39, 0.29) is 0 Å². The van der Waals surface area contributed by atoms with E-state index in [1.165, 1.54) is 120 Å². The van der Waals surface area contributed by atoms with Crippen LogP contribution in [0.25, 0.3) is 54.3 Å². The molecule has 6 rings (SSSR count). The molecule has 0 amide bonds. The highest BCUT2D eigenvalue weighted by Crippen LogP contribution is 2.38. The second-order valence-corrected chi connectivity index (χ2v) is 12.1. The molecule has 0 unspecified atom stereocenters. The molecule has 42 heavy (non-hydrogen) atoms. The Kier molecular flexibility index (Phi) is 10.6. The Morgan fingerprint density at radius 3 is 1.02 bits per heavy atom. The van der Waals surface area contributed by atoms with Crippen molar-refractivity contribution in [1.29, 1.82) is 0 Å². The SMILES string of the molecule is CCCCCC.CCCCCCc1cc2c(ccc3c2ccc2c4ccc5oc(CCCCCC)cc5c4ccc32)o1. The van der Waals surface area contributed by atoms with Gasteiger partial charge in [-0.3, -0.25) is 0 Å². The minimum absolute atomic E-state index is 1.000. The number of furan rings is 2. The molecular weight excluding hydrogens is 512 g/mol. The van der Waals surface area contributed by atoms with Gasteiger partial charge in [-0.05, 0) is 69.4 Å². The standard InChI is InChI=1S/C34H36O2.C6H14/c1-3-5-7-9-11-23-21-31-29-15-13-26-25(27(29)17-19-33(31)35-23)14-16-30-28(26)18-20-34-32(30)22-24(36-34)12-10-8-6-4-2;1-3-5-6-4-2/h13-22H,3-12H2,1-2H3;3-6H2,1-2H3. The molecule has 222 valence electrons. The summed E-state index contributed by atoms with van der Waals surface area (Å²) in [7, 11) is 0. The van der Waals surface area contributed by atoms with Crippen molar-refractivity contribution in [2.24, 2.45) is 0 Å². The summed E-state index contributed by atoms with van der Waals surface area (Å²) in [5.74, 6) is 2.22. The Hall–Kier alpha value is -3.26. The lowest BCUT2D eigenvalue weighted by atomic mass is 9.94. The van der Waals surface area contributed by atoms with E-state index in [1.807, 2.05) is 0 Å². The van der Waals surface area contributed by atoms with E-state index in [4.69, 9.17) is 8.83 Å². The Morgan fingerprint density at radius 2 is 0.667 bits per heavy atom. The second kappa shape index (κ2) is 14.8. The summed E-state index contributed by atoms with van der Waals surface area (Å²) in [6, 6.07) is 22.5. The third kappa shape index (κ3) is 6.69. The maximum absolute atomic E-state index is 6.22. The zero-order valence-corrected chi connectivity index (χ0v) is 26.5. The first kappa shape index (κ1) is 30.2. The highest BCUT2D eigenvalue weighted by Gasteiger charge is 2.13. The van der Waals surface area contributed by atoms with Gasteiger partial charge in [0.2, 0.25) is 0 Å². The molecule has 0 spiro atoms. The van der Waals surface area contributed by atoms with Crippen LogP contribution in [0, 0.1) is 0 Å². The molecule has 2 heteroatoms. The zero-order chi connectivity index (χ0) is 29.3. The van der Waals surface area contributed by atoms with Crippen molar-refractivity contribution in [2.45, 2.75) is 118 Å². The van der Waals surface area contributed by atoms with Gasteiger partial charge < -0.3 is 8.83 Å². The molecule has 0 saturated carbocycles. The largest absolute Gasteiger partial charge is 0.461 e. The molecule has 6 aromatic rings. The van der Waals surface area contributed by atoms with Crippen LogP contribution in [0.15, 0.2) is 69.5 Å². The van der Waals surface area contributed by atoms with Crippen LogP contribution in [0.1, 0.15) is 116 Å². The fourth-order valence-electron chi connectivity index (χ4n) is 6.38. The van der Waals surface area contributed by atoms with Crippen LogP contribution in [0.4, 0.5) is 0 Å². The molecule has 0 aliphatic heterocycles. The Balaban J connectivity index is 0.000000535.